The van der Waals surface area contributed by atoms with E-state index in [0.29, 0.717) is 24.1 Å². The van der Waals surface area contributed by atoms with Gasteiger partial charge in [-0.15, -0.1) is 11.3 Å². The summed E-state index contributed by atoms with van der Waals surface area (Å²) in [5, 5.41) is 10.1. The zero-order chi connectivity index (χ0) is 29.1. The van der Waals surface area contributed by atoms with E-state index < -0.39 is 40.8 Å². The van der Waals surface area contributed by atoms with E-state index >= 15 is 0 Å². The molecule has 0 aromatic carbocycles. The van der Waals surface area contributed by atoms with Crippen LogP contribution >= 0.6 is 22.9 Å². The summed E-state index contributed by atoms with van der Waals surface area (Å²) in [7, 11) is 1.66. The second-order valence-electron chi connectivity index (χ2n) is 9.35. The van der Waals surface area contributed by atoms with Crippen molar-refractivity contribution in [2.75, 3.05) is 5.32 Å². The maximum absolute atomic E-state index is 13.7. The van der Waals surface area contributed by atoms with Crippen LogP contribution in [0.2, 0.25) is 5.02 Å². The Morgan fingerprint density at radius 2 is 1.98 bits per heavy atom. The van der Waals surface area contributed by atoms with E-state index in [4.69, 9.17) is 17.3 Å². The van der Waals surface area contributed by atoms with Gasteiger partial charge in [0.15, 0.2) is 5.69 Å². The van der Waals surface area contributed by atoms with Crippen molar-refractivity contribution >= 4 is 50.7 Å². The van der Waals surface area contributed by atoms with Gasteiger partial charge >= 0.3 is 6.18 Å². The zero-order valence-electron chi connectivity index (χ0n) is 20.9. The second kappa shape index (κ2) is 10.1. The van der Waals surface area contributed by atoms with E-state index in [0.717, 1.165) is 22.1 Å². The summed E-state index contributed by atoms with van der Waals surface area (Å²) >= 11 is 6.75. The van der Waals surface area contributed by atoms with Crippen LogP contribution in [-0.2, 0) is 24.6 Å². The van der Waals surface area contributed by atoms with E-state index in [9.17, 15) is 31.5 Å². The highest BCUT2D eigenvalue weighted by Crippen LogP contribution is 2.47. The lowest BCUT2D eigenvalue weighted by atomic mass is 10.0. The van der Waals surface area contributed by atoms with E-state index in [1.807, 2.05) is 0 Å². The summed E-state index contributed by atoms with van der Waals surface area (Å²) < 4.78 is 70.2. The molecule has 40 heavy (non-hydrogen) atoms. The third-order valence-electron chi connectivity index (χ3n) is 6.63. The molecule has 0 spiro atoms. The lowest BCUT2D eigenvalue weighted by Gasteiger charge is -2.11. The molecule has 1 aliphatic rings. The van der Waals surface area contributed by atoms with Gasteiger partial charge in [-0.3, -0.25) is 19.0 Å². The number of aryl methyl sites for hydroxylation is 2. The maximum atomic E-state index is 13.7. The molecule has 5 rings (SSSR count). The molecule has 3 N–H and O–H groups in total. The number of aromatic nitrogens is 5. The Hall–Kier alpha value is -3.59. The van der Waals surface area contributed by atoms with E-state index in [1.165, 1.54) is 10.9 Å². The number of carbonyl (C=O) groups is 2. The van der Waals surface area contributed by atoms with Crippen molar-refractivity contribution in [2.24, 2.45) is 12.8 Å². The Balaban J connectivity index is 1.52. The molecule has 4 heterocycles. The predicted octanol–water partition coefficient (Wildman–Crippen LogP) is 5.82. The molecule has 4 aromatic rings. The third kappa shape index (κ3) is 5.03. The molecule has 0 saturated heterocycles. The number of anilines is 1. The molecule has 16 heteroatoms. The number of thiophene rings is 1. The predicted molar refractivity (Wildman–Crippen MR) is 137 cm³/mol. The molecule has 4 aromatic heterocycles. The fourth-order valence-electron chi connectivity index (χ4n) is 4.46. The third-order valence-corrected chi connectivity index (χ3v) is 8.10. The number of amides is 2. The normalized spacial score (nSPS) is 13.9. The van der Waals surface area contributed by atoms with Gasteiger partial charge in [0, 0.05) is 36.0 Å². The topological polar surface area (TPSA) is 121 Å². The molecule has 1 fully saturated rings. The van der Waals surface area contributed by atoms with Crippen molar-refractivity contribution < 1.29 is 31.5 Å². The number of pyridine rings is 1. The number of fused-ring (bicyclic) bond motifs is 1. The standard InChI is InChI=1S/C24H21ClF5N7O2S/c1-9-12(8-32-36(9)2)11-7-13(21(26)27)33-23-15(11)17(19(40-23)22(31)39)34-14(38)5-6-37-18(10-3-4-10)16(25)20(35-37)24(28,29)30/h7-8,10,21H,3-6H2,1-2H3,(H2,31,39)(H,34,38). The van der Waals surface area contributed by atoms with Crippen LogP contribution < -0.4 is 11.1 Å². The van der Waals surface area contributed by atoms with Crippen LogP contribution in [0.25, 0.3) is 21.3 Å². The van der Waals surface area contributed by atoms with Crippen LogP contribution in [0.15, 0.2) is 12.3 Å². The smallest absolute Gasteiger partial charge is 0.365 e. The molecule has 9 nitrogen and oxygen atoms in total. The highest BCUT2D eigenvalue weighted by Gasteiger charge is 2.42. The fraction of sp³-hybridized carbons (Fsp3) is 0.375. The van der Waals surface area contributed by atoms with Crippen molar-refractivity contribution in [3.8, 4) is 11.1 Å². The number of carbonyl (C=O) groups excluding carboxylic acids is 2. The van der Waals surface area contributed by atoms with Crippen molar-refractivity contribution in [3.05, 3.63) is 44.9 Å². The van der Waals surface area contributed by atoms with Crippen molar-refractivity contribution in [1.29, 1.82) is 0 Å². The Morgan fingerprint density at radius 3 is 2.52 bits per heavy atom. The Bertz CT molecular complexity index is 1660. The minimum atomic E-state index is -4.76. The summed E-state index contributed by atoms with van der Waals surface area (Å²) in [5.41, 5.74) is 5.35. The number of halogens is 6. The van der Waals surface area contributed by atoms with Gasteiger partial charge < -0.3 is 11.1 Å². The fourth-order valence-corrected chi connectivity index (χ4v) is 5.87. The van der Waals surface area contributed by atoms with Gasteiger partial charge in [0.2, 0.25) is 5.91 Å². The van der Waals surface area contributed by atoms with Gasteiger partial charge in [-0.2, -0.15) is 23.4 Å². The highest BCUT2D eigenvalue weighted by atomic mass is 35.5. The number of nitrogens with two attached hydrogens (primary N) is 1. The van der Waals surface area contributed by atoms with Crippen molar-refractivity contribution in [3.63, 3.8) is 0 Å². The minimum absolute atomic E-state index is 0.0269. The highest BCUT2D eigenvalue weighted by molar-refractivity contribution is 7.21. The molecule has 0 bridgehead atoms. The van der Waals surface area contributed by atoms with Gasteiger partial charge in [-0.05, 0) is 31.4 Å². The average molecular weight is 602 g/mol. The number of hydrogen-bond donors (Lipinski definition) is 2. The summed E-state index contributed by atoms with van der Waals surface area (Å²) in [4.78, 5) is 29.3. The first-order valence-electron chi connectivity index (χ1n) is 12.0. The first-order valence-corrected chi connectivity index (χ1v) is 13.1. The first-order chi connectivity index (χ1) is 18.8. The van der Waals surface area contributed by atoms with Crippen molar-refractivity contribution in [1.82, 2.24) is 24.5 Å². The van der Waals surface area contributed by atoms with Gasteiger partial charge in [0.25, 0.3) is 12.3 Å². The SMILES string of the molecule is Cc1c(-c2cc(C(F)F)nc3sc(C(N)=O)c(NC(=O)CCn4nc(C(F)(F)F)c(Cl)c4C4CC4)c23)cnn1C. The van der Waals surface area contributed by atoms with Crippen molar-refractivity contribution in [2.45, 2.75) is 51.3 Å². The number of hydrogen-bond acceptors (Lipinski definition) is 6. The molecule has 0 aliphatic heterocycles. The van der Waals surface area contributed by atoms with Gasteiger partial charge in [-0.25, -0.2) is 13.8 Å². The molecule has 1 aliphatic carbocycles. The first kappa shape index (κ1) is 28.0. The molecule has 0 atom stereocenters. The summed E-state index contributed by atoms with van der Waals surface area (Å²) in [5.74, 6) is -1.77. The number of nitrogens with zero attached hydrogens (tertiary/aromatic N) is 5. The molecule has 212 valence electrons. The van der Waals surface area contributed by atoms with Gasteiger partial charge in [-0.1, -0.05) is 11.6 Å². The quantitative estimate of drug-likeness (QED) is 0.247. The molecular weight excluding hydrogens is 581 g/mol. The Labute approximate surface area is 232 Å². The van der Waals surface area contributed by atoms with E-state index in [2.05, 4.69) is 20.5 Å². The summed E-state index contributed by atoms with van der Waals surface area (Å²) in [6, 6.07) is 1.16. The number of rotatable bonds is 8. The molecule has 0 radical (unpaired) electrons. The average Bonchev–Trinajstić information content (AvgIpc) is 3.43. The van der Waals surface area contributed by atoms with Crippen LogP contribution in [-0.4, -0.2) is 36.4 Å². The molecule has 0 unspecified atom stereocenters. The summed E-state index contributed by atoms with van der Waals surface area (Å²) in [6.07, 6.45) is -5.23. The molecular formula is C24H21ClF5N7O2S. The van der Waals surface area contributed by atoms with Gasteiger partial charge in [0.1, 0.15) is 15.4 Å². The number of alkyl halides is 5. The Kier molecular flexibility index (Phi) is 7.06. The Morgan fingerprint density at radius 1 is 1.27 bits per heavy atom. The molecule has 2 amide bonds. The van der Waals surface area contributed by atoms with Gasteiger partial charge in [0.05, 0.1) is 29.1 Å². The van der Waals surface area contributed by atoms with Crippen LogP contribution in [0, 0.1) is 6.92 Å². The lowest BCUT2D eigenvalue weighted by Crippen LogP contribution is -2.19. The number of primary amides is 1. The van der Waals surface area contributed by atoms with E-state index in [1.54, 1.807) is 14.0 Å². The monoisotopic (exact) mass is 601 g/mol. The van der Waals surface area contributed by atoms with E-state index in [-0.39, 0.29) is 50.9 Å². The minimum Gasteiger partial charge on any atom is -0.365 e. The largest absolute Gasteiger partial charge is 0.436 e. The van der Waals surface area contributed by atoms with Crippen LogP contribution in [0.4, 0.5) is 27.6 Å². The second-order valence-corrected chi connectivity index (χ2v) is 10.7. The molecule has 1 saturated carbocycles. The zero-order valence-corrected chi connectivity index (χ0v) is 22.5. The number of nitrogens with one attached hydrogen (secondary N) is 1. The maximum Gasteiger partial charge on any atom is 0.436 e. The van der Waals surface area contributed by atoms with Crippen LogP contribution in [0.5, 0.6) is 0 Å². The van der Waals surface area contributed by atoms with Crippen LogP contribution in [0.3, 0.4) is 0 Å². The summed E-state index contributed by atoms with van der Waals surface area (Å²) in [6.45, 7) is 1.50. The van der Waals surface area contributed by atoms with Crippen LogP contribution in [0.1, 0.15) is 64.1 Å². The lowest BCUT2D eigenvalue weighted by molar-refractivity contribution is -0.141.